The fraction of sp³-hybridized carbons (Fsp3) is 0.294. The van der Waals surface area contributed by atoms with Crippen molar-refractivity contribution in [3.8, 4) is 0 Å². The Morgan fingerprint density at radius 3 is 2.79 bits per heavy atom. The van der Waals surface area contributed by atoms with Crippen molar-refractivity contribution < 1.29 is 19.4 Å². The number of aryl methyl sites for hydroxylation is 1. The van der Waals surface area contributed by atoms with E-state index >= 15 is 0 Å². The van der Waals surface area contributed by atoms with Gasteiger partial charge in [-0.1, -0.05) is 30.3 Å². The van der Waals surface area contributed by atoms with Gasteiger partial charge in [-0.3, -0.25) is 0 Å². The summed E-state index contributed by atoms with van der Waals surface area (Å²) in [5.41, 5.74) is 2.00. The zero-order chi connectivity index (χ0) is 17.1. The molecule has 0 radical (unpaired) electrons. The minimum atomic E-state index is -0.884. The molecule has 1 aromatic heterocycles. The molecule has 0 spiro atoms. The van der Waals surface area contributed by atoms with E-state index in [4.69, 9.17) is 4.74 Å². The second-order valence-electron chi connectivity index (χ2n) is 5.60. The third-order valence-corrected chi connectivity index (χ3v) is 6.76. The molecule has 0 fully saturated rings. The number of thiophene rings is 1. The number of hydrogen-bond donors (Lipinski definition) is 2. The summed E-state index contributed by atoms with van der Waals surface area (Å²) in [5, 5.41) is 12.1. The van der Waals surface area contributed by atoms with E-state index in [1.54, 1.807) is 0 Å². The predicted octanol–water partition coefficient (Wildman–Crippen LogP) is 3.83. The number of ether oxygens (including phenoxy) is 1. The Morgan fingerprint density at radius 1 is 1.33 bits per heavy atom. The van der Waals surface area contributed by atoms with Crippen molar-refractivity contribution in [3.63, 3.8) is 0 Å². The van der Waals surface area contributed by atoms with Gasteiger partial charge in [-0.25, -0.2) is 9.59 Å². The highest BCUT2D eigenvalue weighted by molar-refractivity contribution is 14.1. The number of benzene rings is 1. The predicted molar refractivity (Wildman–Crippen MR) is 99.6 cm³/mol. The first-order chi connectivity index (χ1) is 11.5. The van der Waals surface area contributed by atoms with Crippen molar-refractivity contribution in [2.24, 2.45) is 0 Å². The summed E-state index contributed by atoms with van der Waals surface area (Å²) >= 11 is 3.44. The van der Waals surface area contributed by atoms with Gasteiger partial charge in [-0.2, -0.15) is 0 Å². The van der Waals surface area contributed by atoms with Crippen LogP contribution in [0.1, 0.15) is 32.1 Å². The molecule has 1 amide bonds. The quantitative estimate of drug-likeness (QED) is 0.685. The van der Waals surface area contributed by atoms with Gasteiger partial charge in [0, 0.05) is 14.5 Å². The van der Waals surface area contributed by atoms with Gasteiger partial charge in [0.25, 0.3) is 0 Å². The molecule has 3 rings (SSSR count). The molecule has 24 heavy (non-hydrogen) atoms. The van der Waals surface area contributed by atoms with Crippen LogP contribution in [0.3, 0.4) is 0 Å². The number of amides is 1. The van der Waals surface area contributed by atoms with Crippen molar-refractivity contribution in [1.29, 1.82) is 0 Å². The zero-order valence-corrected chi connectivity index (χ0v) is 15.7. The lowest BCUT2D eigenvalue weighted by Crippen LogP contribution is -2.39. The van der Waals surface area contributed by atoms with E-state index in [1.165, 1.54) is 11.3 Å². The van der Waals surface area contributed by atoms with Gasteiger partial charge < -0.3 is 15.2 Å². The molecule has 7 heteroatoms. The number of fused-ring (bicyclic) bond motifs is 1. The van der Waals surface area contributed by atoms with Gasteiger partial charge in [-0.15, -0.1) is 11.3 Å². The highest BCUT2D eigenvalue weighted by atomic mass is 127. The molecule has 0 saturated heterocycles. The van der Waals surface area contributed by atoms with Gasteiger partial charge in [-0.05, 0) is 53.0 Å². The van der Waals surface area contributed by atoms with Crippen LogP contribution in [-0.4, -0.2) is 23.2 Å². The van der Waals surface area contributed by atoms with Crippen LogP contribution >= 0.6 is 33.9 Å². The van der Waals surface area contributed by atoms with Crippen LogP contribution in [0.2, 0.25) is 0 Å². The largest absolute Gasteiger partial charge is 0.477 e. The van der Waals surface area contributed by atoms with E-state index in [0.717, 1.165) is 32.4 Å². The highest BCUT2D eigenvalue weighted by Crippen LogP contribution is 2.35. The SMILES string of the molecule is O=C(NC1CCc2sc(C(=O)O)c(I)c2C1)OCc1ccccc1. The van der Waals surface area contributed by atoms with Crippen LogP contribution in [-0.2, 0) is 24.2 Å². The highest BCUT2D eigenvalue weighted by Gasteiger charge is 2.28. The number of carbonyl (C=O) groups is 2. The third kappa shape index (κ3) is 3.89. The molecule has 1 aromatic carbocycles. The monoisotopic (exact) mass is 457 g/mol. The molecule has 1 atom stereocenters. The van der Waals surface area contributed by atoms with Crippen LogP contribution in [0.4, 0.5) is 4.79 Å². The third-order valence-electron chi connectivity index (χ3n) is 3.93. The summed E-state index contributed by atoms with van der Waals surface area (Å²) in [6.07, 6.45) is 1.80. The van der Waals surface area contributed by atoms with Gasteiger partial charge in [0.15, 0.2) is 0 Å². The molecular weight excluding hydrogens is 441 g/mol. The van der Waals surface area contributed by atoms with E-state index in [2.05, 4.69) is 27.9 Å². The summed E-state index contributed by atoms with van der Waals surface area (Å²) in [6, 6.07) is 9.50. The minimum Gasteiger partial charge on any atom is -0.477 e. The van der Waals surface area contributed by atoms with Crippen LogP contribution in [0.25, 0.3) is 0 Å². The summed E-state index contributed by atoms with van der Waals surface area (Å²) in [7, 11) is 0. The van der Waals surface area contributed by atoms with E-state index < -0.39 is 12.1 Å². The Labute approximate surface area is 157 Å². The average Bonchev–Trinajstić information content (AvgIpc) is 2.91. The molecule has 0 aliphatic heterocycles. The van der Waals surface area contributed by atoms with Crippen LogP contribution in [0, 0.1) is 3.57 Å². The van der Waals surface area contributed by atoms with Crippen molar-refractivity contribution in [2.45, 2.75) is 31.9 Å². The summed E-state index contributed by atoms with van der Waals surface area (Å²) in [6.45, 7) is 0.240. The minimum absolute atomic E-state index is 0.0227. The van der Waals surface area contributed by atoms with Crippen molar-refractivity contribution in [3.05, 3.63) is 54.8 Å². The number of nitrogens with one attached hydrogen (secondary N) is 1. The van der Waals surface area contributed by atoms with Gasteiger partial charge in [0.2, 0.25) is 0 Å². The van der Waals surface area contributed by atoms with E-state index in [9.17, 15) is 14.7 Å². The van der Waals surface area contributed by atoms with Crippen LogP contribution in [0.15, 0.2) is 30.3 Å². The van der Waals surface area contributed by atoms with Gasteiger partial charge in [0.05, 0.1) is 0 Å². The second-order valence-corrected chi connectivity index (χ2v) is 7.78. The van der Waals surface area contributed by atoms with Crippen molar-refractivity contribution in [2.75, 3.05) is 0 Å². The number of rotatable bonds is 4. The topological polar surface area (TPSA) is 75.6 Å². The molecule has 0 saturated carbocycles. The van der Waals surface area contributed by atoms with Crippen LogP contribution < -0.4 is 5.32 Å². The number of halogens is 1. The number of carbonyl (C=O) groups excluding carboxylic acids is 1. The molecule has 2 aromatic rings. The summed E-state index contributed by atoms with van der Waals surface area (Å²) < 4.78 is 6.04. The maximum Gasteiger partial charge on any atom is 0.407 e. The smallest absolute Gasteiger partial charge is 0.407 e. The first kappa shape index (κ1) is 17.2. The van der Waals surface area contributed by atoms with Crippen molar-refractivity contribution in [1.82, 2.24) is 5.32 Å². The molecular formula is C17H16INO4S. The first-order valence-corrected chi connectivity index (χ1v) is 9.44. The molecule has 2 N–H and O–H groups in total. The number of carboxylic acids is 1. The normalized spacial score (nSPS) is 16.3. The zero-order valence-electron chi connectivity index (χ0n) is 12.8. The number of aromatic carboxylic acids is 1. The summed E-state index contributed by atoms with van der Waals surface area (Å²) in [5.74, 6) is -0.884. The van der Waals surface area contributed by atoms with E-state index in [1.807, 2.05) is 30.3 Å². The Kier molecular flexibility index (Phi) is 5.40. The van der Waals surface area contributed by atoms with E-state index in [0.29, 0.717) is 11.3 Å². The van der Waals surface area contributed by atoms with Gasteiger partial charge >= 0.3 is 12.1 Å². The molecule has 1 unspecified atom stereocenters. The maximum atomic E-state index is 12.0. The molecule has 1 aliphatic rings. The van der Waals surface area contributed by atoms with Gasteiger partial charge in [0.1, 0.15) is 11.5 Å². The Balaban J connectivity index is 1.57. The lowest BCUT2D eigenvalue weighted by Gasteiger charge is -2.23. The average molecular weight is 457 g/mol. The molecule has 0 bridgehead atoms. The fourth-order valence-corrected chi connectivity index (χ4v) is 5.11. The Morgan fingerprint density at radius 2 is 2.08 bits per heavy atom. The fourth-order valence-electron chi connectivity index (χ4n) is 2.74. The lowest BCUT2D eigenvalue weighted by atomic mass is 9.94. The molecule has 1 heterocycles. The molecule has 5 nitrogen and oxygen atoms in total. The Hall–Kier alpha value is -1.61. The number of carboxylic acid groups (broad SMARTS) is 1. The molecule has 126 valence electrons. The summed E-state index contributed by atoms with van der Waals surface area (Å²) in [4.78, 5) is 24.7. The van der Waals surface area contributed by atoms with Crippen molar-refractivity contribution >= 4 is 46.0 Å². The maximum absolute atomic E-state index is 12.0. The number of alkyl carbamates (subject to hydrolysis) is 1. The van der Waals surface area contributed by atoms with E-state index in [-0.39, 0.29) is 12.6 Å². The standard InChI is InChI=1S/C17H16INO4S/c18-14-12-8-11(6-7-13(12)24-15(14)16(20)21)19-17(22)23-9-10-4-2-1-3-5-10/h1-5,11H,6-9H2,(H,19,22)(H,20,21). The number of hydrogen-bond acceptors (Lipinski definition) is 4. The Bertz CT molecular complexity index is 759. The first-order valence-electron chi connectivity index (χ1n) is 7.55. The molecule has 1 aliphatic carbocycles. The second kappa shape index (κ2) is 7.52. The van der Waals surface area contributed by atoms with Crippen LogP contribution in [0.5, 0.6) is 0 Å². The lowest BCUT2D eigenvalue weighted by molar-refractivity contribution is 0.0701.